The van der Waals surface area contributed by atoms with Crippen LogP contribution in [0.3, 0.4) is 0 Å². The minimum atomic E-state index is -0.727. The van der Waals surface area contributed by atoms with Crippen LogP contribution in [0.1, 0.15) is 12.5 Å². The van der Waals surface area contributed by atoms with E-state index in [4.69, 9.17) is 9.47 Å². The molecule has 5 rings (SSSR count). The lowest BCUT2D eigenvalue weighted by Gasteiger charge is -2.36. The Kier molecular flexibility index (Phi) is 4.36. The monoisotopic (exact) mass is 418 g/mol. The van der Waals surface area contributed by atoms with Gasteiger partial charge in [-0.15, -0.1) is 0 Å². The van der Waals surface area contributed by atoms with Crippen LogP contribution in [0.2, 0.25) is 0 Å². The number of Topliss-reactive ketones (excluding diaryl/α,β-unsaturated/α-hetero) is 1. The number of methoxy groups -OCH3 is 2. The van der Waals surface area contributed by atoms with Crippen molar-refractivity contribution in [1.29, 1.82) is 0 Å². The van der Waals surface area contributed by atoms with Gasteiger partial charge in [0.15, 0.2) is 5.78 Å². The maximum absolute atomic E-state index is 13.5. The van der Waals surface area contributed by atoms with Crippen molar-refractivity contribution in [3.8, 4) is 11.5 Å². The molecule has 3 aliphatic rings. The molecule has 2 saturated heterocycles. The SMILES string of the molecule is COc1ccc(N2C(=O)[C@@H]3[C@H](C2=O)[C@H](C(C)=O)N2c4ccc(OC)cc4C=C[C@H]32)cc1. The van der Waals surface area contributed by atoms with E-state index in [0.717, 1.165) is 11.3 Å². The van der Waals surface area contributed by atoms with Gasteiger partial charge >= 0.3 is 0 Å². The van der Waals surface area contributed by atoms with Crippen LogP contribution < -0.4 is 19.3 Å². The number of ketones is 1. The van der Waals surface area contributed by atoms with Crippen molar-refractivity contribution in [1.82, 2.24) is 0 Å². The number of nitrogens with zero attached hydrogens (tertiary/aromatic N) is 2. The molecule has 0 radical (unpaired) electrons. The van der Waals surface area contributed by atoms with Gasteiger partial charge in [0.05, 0.1) is 37.8 Å². The van der Waals surface area contributed by atoms with Crippen LogP contribution in [0, 0.1) is 11.8 Å². The van der Waals surface area contributed by atoms with E-state index in [9.17, 15) is 14.4 Å². The highest BCUT2D eigenvalue weighted by Crippen LogP contribution is 2.49. The predicted molar refractivity (Wildman–Crippen MR) is 115 cm³/mol. The zero-order valence-corrected chi connectivity index (χ0v) is 17.4. The third-order valence-corrected chi connectivity index (χ3v) is 6.46. The second-order valence-corrected chi connectivity index (χ2v) is 8.00. The van der Waals surface area contributed by atoms with Gasteiger partial charge in [-0.25, -0.2) is 4.90 Å². The Morgan fingerprint density at radius 2 is 1.55 bits per heavy atom. The Labute approximate surface area is 179 Å². The van der Waals surface area contributed by atoms with E-state index >= 15 is 0 Å². The second kappa shape index (κ2) is 6.97. The van der Waals surface area contributed by atoms with Gasteiger partial charge < -0.3 is 14.4 Å². The van der Waals surface area contributed by atoms with E-state index in [1.807, 2.05) is 35.3 Å². The average molecular weight is 418 g/mol. The van der Waals surface area contributed by atoms with Gasteiger partial charge in [0.25, 0.3) is 0 Å². The van der Waals surface area contributed by atoms with E-state index < -0.39 is 17.9 Å². The van der Waals surface area contributed by atoms with Crippen LogP contribution in [0.4, 0.5) is 11.4 Å². The molecule has 2 amide bonds. The summed E-state index contributed by atoms with van der Waals surface area (Å²) in [6.45, 7) is 1.49. The zero-order valence-electron chi connectivity index (χ0n) is 17.4. The number of anilines is 2. The van der Waals surface area contributed by atoms with Crippen molar-refractivity contribution in [2.45, 2.75) is 19.0 Å². The van der Waals surface area contributed by atoms with Crippen molar-refractivity contribution in [2.24, 2.45) is 11.8 Å². The number of hydrogen-bond acceptors (Lipinski definition) is 6. The third-order valence-electron chi connectivity index (χ3n) is 6.46. The van der Waals surface area contributed by atoms with E-state index in [2.05, 4.69) is 0 Å². The molecule has 0 bridgehead atoms. The van der Waals surface area contributed by atoms with Crippen molar-refractivity contribution in [3.05, 3.63) is 54.1 Å². The standard InChI is InChI=1S/C24H22N2O5/c1-13(27)22-21-20(19-10-4-14-12-17(31-3)9-11-18(14)26(19)22)23(28)25(24(21)29)15-5-7-16(30-2)8-6-15/h4-12,19-22H,1-3H3/t19-,20+,21+,22+/m1/s1. The molecule has 0 aromatic heterocycles. The molecule has 0 unspecified atom stereocenters. The lowest BCUT2D eigenvalue weighted by molar-refractivity contribution is -0.126. The molecule has 0 aliphatic carbocycles. The minimum Gasteiger partial charge on any atom is -0.497 e. The Morgan fingerprint density at radius 3 is 2.19 bits per heavy atom. The van der Waals surface area contributed by atoms with Gasteiger partial charge in [0, 0.05) is 11.3 Å². The van der Waals surface area contributed by atoms with Gasteiger partial charge in [-0.05, 0) is 49.4 Å². The van der Waals surface area contributed by atoms with Crippen LogP contribution in [0.5, 0.6) is 11.5 Å². The van der Waals surface area contributed by atoms with E-state index in [0.29, 0.717) is 17.2 Å². The maximum atomic E-state index is 13.5. The largest absolute Gasteiger partial charge is 0.497 e. The Balaban J connectivity index is 1.58. The van der Waals surface area contributed by atoms with Gasteiger partial charge in [-0.3, -0.25) is 14.4 Å². The molecule has 3 heterocycles. The number of rotatable bonds is 4. The summed E-state index contributed by atoms with van der Waals surface area (Å²) in [6.07, 6.45) is 3.86. The molecule has 2 aromatic rings. The van der Waals surface area contributed by atoms with E-state index in [-0.39, 0.29) is 23.6 Å². The normalized spacial score (nSPS) is 25.9. The lowest BCUT2D eigenvalue weighted by atomic mass is 9.88. The average Bonchev–Trinajstić information content (AvgIpc) is 3.26. The maximum Gasteiger partial charge on any atom is 0.240 e. The lowest BCUT2D eigenvalue weighted by Crippen LogP contribution is -2.48. The fourth-order valence-electron chi connectivity index (χ4n) is 5.12. The van der Waals surface area contributed by atoms with Crippen molar-refractivity contribution in [3.63, 3.8) is 0 Å². The van der Waals surface area contributed by atoms with Crippen LogP contribution >= 0.6 is 0 Å². The van der Waals surface area contributed by atoms with Crippen LogP contribution in [0.15, 0.2) is 48.5 Å². The first-order valence-electron chi connectivity index (χ1n) is 10.1. The fraction of sp³-hybridized carbons (Fsp3) is 0.292. The van der Waals surface area contributed by atoms with Crippen LogP contribution in [-0.4, -0.2) is 43.9 Å². The number of amides is 2. The summed E-state index contributed by atoms with van der Waals surface area (Å²) in [6, 6.07) is 11.3. The van der Waals surface area contributed by atoms with Crippen molar-refractivity contribution < 1.29 is 23.9 Å². The van der Waals surface area contributed by atoms with Gasteiger partial charge in [0.1, 0.15) is 17.5 Å². The zero-order chi connectivity index (χ0) is 21.9. The topological polar surface area (TPSA) is 76.2 Å². The predicted octanol–water partition coefficient (Wildman–Crippen LogP) is 2.68. The first kappa shape index (κ1) is 19.4. The fourth-order valence-corrected chi connectivity index (χ4v) is 5.12. The molecule has 0 N–H and O–H groups in total. The number of imide groups is 1. The molecule has 7 heteroatoms. The first-order valence-corrected chi connectivity index (χ1v) is 10.1. The summed E-state index contributed by atoms with van der Waals surface area (Å²) in [4.78, 5) is 42.9. The second-order valence-electron chi connectivity index (χ2n) is 8.00. The Bertz CT molecular complexity index is 1120. The van der Waals surface area contributed by atoms with Gasteiger partial charge in [-0.1, -0.05) is 12.2 Å². The molecule has 7 nitrogen and oxygen atoms in total. The number of benzene rings is 2. The van der Waals surface area contributed by atoms with E-state index in [1.165, 1.54) is 11.8 Å². The highest BCUT2D eigenvalue weighted by atomic mass is 16.5. The van der Waals surface area contributed by atoms with Gasteiger partial charge in [-0.2, -0.15) is 0 Å². The molecule has 0 spiro atoms. The highest BCUT2D eigenvalue weighted by molar-refractivity contribution is 6.24. The molecule has 0 saturated carbocycles. The Morgan fingerprint density at radius 1 is 0.903 bits per heavy atom. The Hall–Kier alpha value is -3.61. The number of hydrogen-bond donors (Lipinski definition) is 0. The van der Waals surface area contributed by atoms with Crippen LogP contribution in [-0.2, 0) is 14.4 Å². The third kappa shape index (κ3) is 2.69. The number of ether oxygens (including phenoxy) is 2. The summed E-state index contributed by atoms with van der Waals surface area (Å²) in [5.74, 6) is -0.743. The summed E-state index contributed by atoms with van der Waals surface area (Å²) in [5, 5.41) is 0. The number of carbonyl (C=O) groups excluding carboxylic acids is 3. The molecule has 31 heavy (non-hydrogen) atoms. The van der Waals surface area contributed by atoms with Crippen molar-refractivity contribution >= 4 is 35.0 Å². The van der Waals surface area contributed by atoms with Crippen LogP contribution in [0.25, 0.3) is 6.08 Å². The van der Waals surface area contributed by atoms with Crippen molar-refractivity contribution in [2.75, 3.05) is 24.0 Å². The quantitative estimate of drug-likeness (QED) is 0.711. The molecule has 3 aliphatic heterocycles. The summed E-state index contributed by atoms with van der Waals surface area (Å²) in [5.41, 5.74) is 2.22. The molecular formula is C24H22N2O5. The van der Waals surface area contributed by atoms with Gasteiger partial charge in [0.2, 0.25) is 11.8 Å². The summed E-state index contributed by atoms with van der Waals surface area (Å²) in [7, 11) is 3.15. The molecule has 158 valence electrons. The number of carbonyl (C=O) groups is 3. The summed E-state index contributed by atoms with van der Waals surface area (Å²) >= 11 is 0. The van der Waals surface area contributed by atoms with E-state index in [1.54, 1.807) is 38.5 Å². The summed E-state index contributed by atoms with van der Waals surface area (Å²) < 4.78 is 10.5. The highest BCUT2D eigenvalue weighted by Gasteiger charge is 2.63. The molecule has 2 fully saturated rings. The molecule has 2 aromatic carbocycles. The first-order chi connectivity index (χ1) is 15.0. The molecular weight excluding hydrogens is 396 g/mol. The molecule has 4 atom stereocenters. The minimum absolute atomic E-state index is 0.132. The number of fused-ring (bicyclic) bond motifs is 5. The smallest absolute Gasteiger partial charge is 0.240 e.